The minimum absolute atomic E-state index is 0. The Hall–Kier alpha value is -0.990. The lowest BCUT2D eigenvalue weighted by molar-refractivity contribution is -0.0987. The van der Waals surface area contributed by atoms with Gasteiger partial charge in [0, 0.05) is 0 Å². The summed E-state index contributed by atoms with van der Waals surface area (Å²) >= 11 is 0. The average Bonchev–Trinajstić information content (AvgIpc) is 1.70. The minimum atomic E-state index is 0. The molecule has 0 N–H and O–H groups in total. The van der Waals surface area contributed by atoms with Crippen LogP contribution in [-0.2, 0) is 14.4 Å². The third-order valence-corrected chi connectivity index (χ3v) is 0. The summed E-state index contributed by atoms with van der Waals surface area (Å²) in [6, 6.07) is 0. The highest BCUT2D eigenvalue weighted by Gasteiger charge is 0.640. The zero-order valence-electron chi connectivity index (χ0n) is 5.96. The standard InChI is InChI=1S/3CH2O/c3*1-2/h3*1H2/i3*1T. The van der Waals surface area contributed by atoms with Gasteiger partial charge in [0.25, 0.3) is 0 Å². The van der Waals surface area contributed by atoms with Gasteiger partial charge < -0.3 is 14.4 Å². The zero-order valence-corrected chi connectivity index (χ0v) is 2.96. The number of carbonyl (C=O) groups is 3. The lowest BCUT2D eigenvalue weighted by Crippen LogP contribution is -0.925. The zero-order chi connectivity index (χ0) is 8.12. The van der Waals surface area contributed by atoms with Gasteiger partial charge in [0.15, 0.2) is 0 Å². The van der Waals surface area contributed by atoms with E-state index in [0.717, 1.165) is 0 Å². The second-order valence-corrected chi connectivity index (χ2v) is 0. The molecule has 0 spiro atoms. The van der Waals surface area contributed by atoms with E-state index in [1.165, 1.54) is 0 Å². The van der Waals surface area contributed by atoms with Gasteiger partial charge in [-0.1, -0.05) is 0 Å². The molecule has 0 heterocycles. The van der Waals surface area contributed by atoms with Gasteiger partial charge in [0.05, 0.1) is 0 Å². The molecule has 0 rings (SSSR count). The van der Waals surface area contributed by atoms with Crippen molar-refractivity contribution < 1.29 is 18.5 Å². The summed E-state index contributed by atoms with van der Waals surface area (Å²) in [7, 11) is 0. The van der Waals surface area contributed by atoms with Crippen molar-refractivity contribution in [3.05, 3.63) is 0 Å². The van der Waals surface area contributed by atoms with E-state index in [1.54, 1.807) is 0 Å². The molecule has 0 saturated carbocycles. The molecule has 0 aliphatic carbocycles. The van der Waals surface area contributed by atoms with E-state index in [4.69, 9.17) is 18.5 Å². The number of rotatable bonds is 0. The Morgan fingerprint density at radius 1 is 1.00 bits per heavy atom. The number of hydrogen-bond donors (Lipinski definition) is 0. The number of hydrogen-bond acceptors (Lipinski definition) is 3. The summed E-state index contributed by atoms with van der Waals surface area (Å²) in [6.45, 7) is 0. The average molecular weight is 96.1 g/mol. The molecule has 36 valence electrons. The molecular weight excluding hydrogens is 84.0 g/mol. The van der Waals surface area contributed by atoms with E-state index >= 15 is 0 Å². The molecule has 6 heavy (non-hydrogen) atoms. The maximum atomic E-state index is 8.47. The van der Waals surface area contributed by atoms with Crippen LogP contribution in [0.2, 0.25) is 0 Å². The van der Waals surface area contributed by atoms with Crippen LogP contribution >= 0.6 is 0 Å². The maximum Gasteiger partial charge on any atom is 0.106 e. The van der Waals surface area contributed by atoms with Crippen molar-refractivity contribution in [2.24, 2.45) is 0 Å². The van der Waals surface area contributed by atoms with Crippen LogP contribution in [-0.4, -0.2) is 20.3 Å². The topological polar surface area (TPSA) is 51.2 Å². The van der Waals surface area contributed by atoms with Crippen molar-refractivity contribution in [2.45, 2.75) is 0 Å². The van der Waals surface area contributed by atoms with Crippen LogP contribution < -0.4 is 0 Å². The molecule has 0 unspecified atom stereocenters. The molecule has 0 aromatic heterocycles. The second kappa shape index (κ2) is 37.1. The van der Waals surface area contributed by atoms with Crippen LogP contribution in [0.3, 0.4) is 0 Å². The van der Waals surface area contributed by atoms with Crippen molar-refractivity contribution in [1.29, 1.82) is 0 Å². The van der Waals surface area contributed by atoms with Crippen molar-refractivity contribution in [3.63, 3.8) is 0 Å². The fourth-order valence-electron chi connectivity index (χ4n) is 0. The molecule has 0 bridgehead atoms. The van der Waals surface area contributed by atoms with Gasteiger partial charge in [0.2, 0.25) is 0 Å². The van der Waals surface area contributed by atoms with Gasteiger partial charge in [-0.2, -0.15) is 0 Å². The Labute approximate surface area is 40.2 Å². The Kier molecular flexibility index (Phi) is 19.8. The summed E-state index contributed by atoms with van der Waals surface area (Å²) in [5, 5.41) is 0. The fraction of sp³-hybridized carbons (Fsp3) is 0. The Balaban J connectivity index is -0.0000000600. The van der Waals surface area contributed by atoms with Gasteiger partial charge in [-0.25, -0.2) is 0 Å². The second-order valence-electron chi connectivity index (χ2n) is 0. The van der Waals surface area contributed by atoms with E-state index < -0.39 is 0 Å². The summed E-state index contributed by atoms with van der Waals surface area (Å²) in [5.74, 6) is 0. The Bertz CT molecular complexity index is 51.1. The molecular formula is C3H6O3. The van der Waals surface area contributed by atoms with Crippen LogP contribution in [0.15, 0.2) is 0 Å². The molecule has 0 fully saturated rings. The molecule has 3 nitrogen and oxygen atoms in total. The highest BCUT2D eigenvalue weighted by Crippen LogP contribution is 0.498. The quantitative estimate of drug-likeness (QED) is 0.406. The third kappa shape index (κ3) is 12.4. The van der Waals surface area contributed by atoms with Gasteiger partial charge in [0.1, 0.15) is 24.4 Å². The van der Waals surface area contributed by atoms with Crippen LogP contribution in [0.1, 0.15) is 4.11 Å². The largest absolute Gasteiger partial charge is 0.307 e. The highest BCUT2D eigenvalue weighted by molar-refractivity contribution is 5.11. The molecule has 0 radical (unpaired) electrons. The summed E-state index contributed by atoms with van der Waals surface area (Å²) in [6.07, 6.45) is 0. The SMILES string of the molecule is [3H]C=O.[3H]C=O.[3H]C=O. The molecule has 0 aliphatic heterocycles. The maximum absolute atomic E-state index is 8.47. The molecule has 3 heteroatoms. The Morgan fingerprint density at radius 3 is 1.00 bits per heavy atom. The van der Waals surface area contributed by atoms with E-state index in [0.29, 0.717) is 0 Å². The van der Waals surface area contributed by atoms with Crippen LogP contribution in [0.25, 0.3) is 0 Å². The van der Waals surface area contributed by atoms with Gasteiger partial charge in [-0.3, -0.25) is 0 Å². The first kappa shape index (κ1) is 3.21. The Morgan fingerprint density at radius 2 is 1.00 bits per heavy atom. The third-order valence-electron chi connectivity index (χ3n) is 0. The molecule has 0 amide bonds. The van der Waals surface area contributed by atoms with Crippen molar-refractivity contribution in [2.75, 3.05) is 0 Å². The van der Waals surface area contributed by atoms with Crippen LogP contribution in [0.5, 0.6) is 0 Å². The summed E-state index contributed by atoms with van der Waals surface area (Å²) in [5.41, 5.74) is 0. The van der Waals surface area contributed by atoms with Gasteiger partial charge in [-0.05, 0) is 0 Å². The number of carbonyl (C=O) groups excluding carboxylic acids is 3. The lowest BCUT2D eigenvalue weighted by Gasteiger charge is -0.837. The highest BCUT2D eigenvalue weighted by atomic mass is 16.1. The predicted octanol–water partition coefficient (Wildman–Crippen LogP) is -0.555. The predicted molar refractivity (Wildman–Crippen MR) is 21.4 cm³/mol. The van der Waals surface area contributed by atoms with Gasteiger partial charge in [-0.15, -0.1) is 0 Å². The van der Waals surface area contributed by atoms with E-state index in [1.807, 2.05) is 0 Å². The first-order valence-corrected chi connectivity index (χ1v) is 0.707. The minimum Gasteiger partial charge on any atom is -0.307 e. The first-order chi connectivity index (χ1) is 4.24. The molecule has 0 saturated heterocycles. The first-order valence-electron chi connectivity index (χ1n) is 2.44. The smallest absolute Gasteiger partial charge is 0.106 e. The fourth-order valence-corrected chi connectivity index (χ4v) is 0. The van der Waals surface area contributed by atoms with Gasteiger partial charge >= 0.3 is 0 Å². The molecule has 0 aromatic rings. The molecule has 0 atom stereocenters. The van der Waals surface area contributed by atoms with Crippen molar-refractivity contribution in [1.82, 2.24) is 0 Å². The molecule has 0 aromatic carbocycles. The monoisotopic (exact) mass is 96.1 g/mol. The summed E-state index contributed by atoms with van der Waals surface area (Å²) in [4.78, 5) is 25.4. The summed E-state index contributed by atoms with van der Waals surface area (Å²) < 4.78 is 16.6. The van der Waals surface area contributed by atoms with Crippen molar-refractivity contribution >= 4 is 20.3 Å². The van der Waals surface area contributed by atoms with E-state index in [9.17, 15) is 0 Å². The molecule has 0 aliphatic rings. The van der Waals surface area contributed by atoms with E-state index in [-0.39, 0.29) is 20.3 Å². The van der Waals surface area contributed by atoms with Crippen LogP contribution in [0, 0.1) is 0 Å². The lowest BCUT2D eigenvalue weighted by atomic mass is 11.9. The normalized spacial score (nSPS) is 7.00. The van der Waals surface area contributed by atoms with Crippen LogP contribution in [0.4, 0.5) is 0 Å². The van der Waals surface area contributed by atoms with E-state index in [2.05, 4.69) is 0 Å². The van der Waals surface area contributed by atoms with Crippen molar-refractivity contribution in [3.8, 4) is 0 Å².